The van der Waals surface area contributed by atoms with Gasteiger partial charge in [-0.2, -0.15) is 4.39 Å². The van der Waals surface area contributed by atoms with E-state index in [1.54, 1.807) is 31.4 Å². The van der Waals surface area contributed by atoms with Gasteiger partial charge in [0.25, 0.3) is 5.91 Å². The van der Waals surface area contributed by atoms with Crippen LogP contribution in [-0.2, 0) is 0 Å². The van der Waals surface area contributed by atoms with Crippen LogP contribution in [0.4, 0.5) is 10.2 Å². The second kappa shape index (κ2) is 4.69. The van der Waals surface area contributed by atoms with Crippen LogP contribution >= 0.6 is 0 Å². The molecular formula is C12H10FN3O. The van der Waals surface area contributed by atoms with Gasteiger partial charge in [0.05, 0.1) is 5.56 Å². The van der Waals surface area contributed by atoms with E-state index >= 15 is 0 Å². The number of halogens is 1. The molecule has 1 amide bonds. The van der Waals surface area contributed by atoms with Crippen LogP contribution in [0.1, 0.15) is 10.4 Å². The maximum Gasteiger partial charge on any atom is 0.260 e. The second-order valence-electron chi connectivity index (χ2n) is 3.42. The summed E-state index contributed by atoms with van der Waals surface area (Å²) >= 11 is 0. The van der Waals surface area contributed by atoms with E-state index in [2.05, 4.69) is 9.97 Å². The summed E-state index contributed by atoms with van der Waals surface area (Å²) in [5.41, 5.74) is 0.319. The van der Waals surface area contributed by atoms with Gasteiger partial charge in [0, 0.05) is 19.4 Å². The number of rotatable bonds is 2. The lowest BCUT2D eigenvalue weighted by molar-refractivity contribution is 0.0992. The van der Waals surface area contributed by atoms with Gasteiger partial charge < -0.3 is 0 Å². The molecule has 0 radical (unpaired) electrons. The SMILES string of the molecule is CN(C(=O)c1ccc(F)nc1)c1ccccn1. The van der Waals surface area contributed by atoms with Crippen molar-refractivity contribution in [2.24, 2.45) is 0 Å². The fraction of sp³-hybridized carbons (Fsp3) is 0.0833. The Morgan fingerprint density at radius 1 is 1.24 bits per heavy atom. The molecule has 0 aliphatic rings. The van der Waals surface area contributed by atoms with E-state index in [9.17, 15) is 9.18 Å². The first-order valence-electron chi connectivity index (χ1n) is 4.99. The molecule has 5 heteroatoms. The Morgan fingerprint density at radius 3 is 2.65 bits per heavy atom. The van der Waals surface area contributed by atoms with Gasteiger partial charge in [-0.1, -0.05) is 6.07 Å². The topological polar surface area (TPSA) is 46.1 Å². The zero-order valence-electron chi connectivity index (χ0n) is 9.17. The lowest BCUT2D eigenvalue weighted by Gasteiger charge is -2.15. The number of aromatic nitrogens is 2. The molecule has 0 bridgehead atoms. The summed E-state index contributed by atoms with van der Waals surface area (Å²) < 4.78 is 12.6. The fourth-order valence-electron chi connectivity index (χ4n) is 1.35. The normalized spacial score (nSPS) is 10.0. The third-order valence-corrected chi connectivity index (χ3v) is 2.27. The highest BCUT2D eigenvalue weighted by Gasteiger charge is 2.14. The van der Waals surface area contributed by atoms with Crippen molar-refractivity contribution in [1.82, 2.24) is 9.97 Å². The fourth-order valence-corrected chi connectivity index (χ4v) is 1.35. The summed E-state index contributed by atoms with van der Waals surface area (Å²) in [5.74, 6) is -0.361. The molecule has 0 unspecified atom stereocenters. The van der Waals surface area contributed by atoms with Crippen molar-refractivity contribution in [2.45, 2.75) is 0 Å². The van der Waals surface area contributed by atoms with Gasteiger partial charge in [0.2, 0.25) is 5.95 Å². The van der Waals surface area contributed by atoms with Crippen molar-refractivity contribution in [2.75, 3.05) is 11.9 Å². The molecule has 0 spiro atoms. The molecule has 0 saturated carbocycles. The number of hydrogen-bond donors (Lipinski definition) is 0. The van der Waals surface area contributed by atoms with E-state index in [-0.39, 0.29) is 5.91 Å². The maximum atomic E-state index is 12.6. The Hall–Kier alpha value is -2.30. The smallest absolute Gasteiger partial charge is 0.260 e. The van der Waals surface area contributed by atoms with E-state index < -0.39 is 5.95 Å². The number of hydrogen-bond acceptors (Lipinski definition) is 3. The first kappa shape index (κ1) is 11.2. The molecule has 2 rings (SSSR count). The Labute approximate surface area is 97.7 Å². The van der Waals surface area contributed by atoms with Gasteiger partial charge in [-0.05, 0) is 24.3 Å². The van der Waals surface area contributed by atoms with E-state index in [4.69, 9.17) is 0 Å². The van der Waals surface area contributed by atoms with Crippen LogP contribution in [0.5, 0.6) is 0 Å². The quantitative estimate of drug-likeness (QED) is 0.741. The molecule has 0 fully saturated rings. The number of carbonyl (C=O) groups is 1. The van der Waals surface area contributed by atoms with E-state index in [1.165, 1.54) is 17.2 Å². The summed E-state index contributed by atoms with van der Waals surface area (Å²) in [5, 5.41) is 0. The predicted molar refractivity (Wildman–Crippen MR) is 61.2 cm³/mol. The van der Waals surface area contributed by atoms with Crippen molar-refractivity contribution in [1.29, 1.82) is 0 Å². The van der Waals surface area contributed by atoms with Crippen LogP contribution in [-0.4, -0.2) is 22.9 Å². The standard InChI is InChI=1S/C12H10FN3O/c1-16(11-4-2-3-7-14-11)12(17)9-5-6-10(13)15-8-9/h2-8H,1H3. The average Bonchev–Trinajstić information content (AvgIpc) is 2.39. The van der Waals surface area contributed by atoms with Gasteiger partial charge in [-0.3, -0.25) is 9.69 Å². The summed E-state index contributed by atoms with van der Waals surface area (Å²) in [6.45, 7) is 0. The van der Waals surface area contributed by atoms with Gasteiger partial charge in [0.15, 0.2) is 0 Å². The van der Waals surface area contributed by atoms with Crippen LogP contribution in [0.2, 0.25) is 0 Å². The van der Waals surface area contributed by atoms with Crippen LogP contribution in [0.3, 0.4) is 0 Å². The second-order valence-corrected chi connectivity index (χ2v) is 3.42. The Bertz CT molecular complexity index is 513. The monoisotopic (exact) mass is 231 g/mol. The summed E-state index contributed by atoms with van der Waals surface area (Å²) in [6.07, 6.45) is 2.80. The molecule has 0 aliphatic heterocycles. The zero-order valence-corrected chi connectivity index (χ0v) is 9.17. The number of amides is 1. The Morgan fingerprint density at radius 2 is 2.06 bits per heavy atom. The van der Waals surface area contributed by atoms with Gasteiger partial charge in [-0.25, -0.2) is 9.97 Å². The molecule has 2 heterocycles. The molecule has 86 valence electrons. The lowest BCUT2D eigenvalue weighted by atomic mass is 10.2. The molecule has 0 N–H and O–H groups in total. The van der Waals surface area contributed by atoms with Crippen LogP contribution in [0, 0.1) is 5.95 Å². The molecule has 2 aromatic heterocycles. The van der Waals surface area contributed by atoms with Crippen LogP contribution in [0.25, 0.3) is 0 Å². The summed E-state index contributed by atoms with van der Waals surface area (Å²) in [7, 11) is 1.61. The summed E-state index contributed by atoms with van der Waals surface area (Å²) in [4.78, 5) is 20.9. The number of anilines is 1. The number of pyridine rings is 2. The highest BCUT2D eigenvalue weighted by atomic mass is 19.1. The van der Waals surface area contributed by atoms with Crippen molar-refractivity contribution in [3.05, 3.63) is 54.2 Å². The summed E-state index contributed by atoms with van der Waals surface area (Å²) in [6, 6.07) is 7.81. The molecule has 17 heavy (non-hydrogen) atoms. The van der Waals surface area contributed by atoms with Crippen molar-refractivity contribution in [3.63, 3.8) is 0 Å². The molecule has 2 aromatic rings. The zero-order chi connectivity index (χ0) is 12.3. The minimum Gasteiger partial charge on any atom is -0.296 e. The predicted octanol–water partition coefficient (Wildman–Crippen LogP) is 1.89. The lowest BCUT2D eigenvalue weighted by Crippen LogP contribution is -2.27. The highest BCUT2D eigenvalue weighted by molar-refractivity contribution is 6.04. The largest absolute Gasteiger partial charge is 0.296 e. The van der Waals surface area contributed by atoms with Crippen molar-refractivity contribution in [3.8, 4) is 0 Å². The first-order chi connectivity index (χ1) is 8.18. The average molecular weight is 231 g/mol. The van der Waals surface area contributed by atoms with E-state index in [0.717, 1.165) is 6.07 Å². The Balaban J connectivity index is 2.23. The first-order valence-corrected chi connectivity index (χ1v) is 4.99. The molecule has 0 aromatic carbocycles. The van der Waals surface area contributed by atoms with Crippen molar-refractivity contribution < 1.29 is 9.18 Å². The molecule has 0 aliphatic carbocycles. The molecule has 0 atom stereocenters. The third kappa shape index (κ3) is 2.44. The van der Waals surface area contributed by atoms with E-state index in [1.807, 2.05) is 0 Å². The van der Waals surface area contributed by atoms with Gasteiger partial charge in [-0.15, -0.1) is 0 Å². The third-order valence-electron chi connectivity index (χ3n) is 2.27. The molecule has 0 saturated heterocycles. The molecule has 4 nitrogen and oxygen atoms in total. The maximum absolute atomic E-state index is 12.6. The van der Waals surface area contributed by atoms with E-state index in [0.29, 0.717) is 11.4 Å². The number of carbonyl (C=O) groups excluding carboxylic acids is 1. The van der Waals surface area contributed by atoms with Crippen LogP contribution in [0.15, 0.2) is 42.7 Å². The van der Waals surface area contributed by atoms with Gasteiger partial charge >= 0.3 is 0 Å². The minimum absolute atomic E-state index is 0.281. The Kier molecular flexibility index (Phi) is 3.09. The minimum atomic E-state index is -0.609. The number of nitrogens with zero attached hydrogens (tertiary/aromatic N) is 3. The van der Waals surface area contributed by atoms with Crippen LogP contribution < -0.4 is 4.90 Å². The molecular weight excluding hydrogens is 221 g/mol. The van der Waals surface area contributed by atoms with Gasteiger partial charge in [0.1, 0.15) is 5.82 Å². The highest BCUT2D eigenvalue weighted by Crippen LogP contribution is 2.11. The van der Waals surface area contributed by atoms with Crippen molar-refractivity contribution >= 4 is 11.7 Å².